The zero-order valence-corrected chi connectivity index (χ0v) is 14.7. The molecule has 0 saturated carbocycles. The molecule has 0 amide bonds. The van der Waals surface area contributed by atoms with Crippen LogP contribution < -0.4 is 5.32 Å². The van der Waals surface area contributed by atoms with Crippen LogP contribution in [0.3, 0.4) is 0 Å². The van der Waals surface area contributed by atoms with Crippen molar-refractivity contribution >= 4 is 27.7 Å². The fourth-order valence-electron chi connectivity index (χ4n) is 2.05. The summed E-state index contributed by atoms with van der Waals surface area (Å²) in [6.45, 7) is 7.79. The number of nitrogens with one attached hydrogen (secondary N) is 1. The molecule has 0 spiro atoms. The molecule has 1 nitrogen and oxygen atoms in total. The van der Waals surface area contributed by atoms with E-state index in [0.717, 1.165) is 18.9 Å². The minimum absolute atomic E-state index is 0.570. The highest BCUT2D eigenvalue weighted by molar-refractivity contribution is 9.10. The van der Waals surface area contributed by atoms with Crippen molar-refractivity contribution in [2.45, 2.75) is 39.7 Å². The zero-order chi connectivity index (χ0) is 14.1. The second-order valence-corrected chi connectivity index (χ2v) is 7.46. The van der Waals surface area contributed by atoms with E-state index in [1.807, 2.05) is 11.8 Å². The van der Waals surface area contributed by atoms with Crippen molar-refractivity contribution in [1.82, 2.24) is 5.32 Å². The van der Waals surface area contributed by atoms with Crippen LogP contribution >= 0.6 is 27.7 Å². The minimum Gasteiger partial charge on any atom is -0.314 e. The van der Waals surface area contributed by atoms with Crippen molar-refractivity contribution < 1.29 is 0 Å². The largest absolute Gasteiger partial charge is 0.314 e. The SMILES string of the molecule is CCSCCC(CNC(C)C)Cc1ccccc1Br. The van der Waals surface area contributed by atoms with Gasteiger partial charge in [0.2, 0.25) is 0 Å². The second kappa shape index (κ2) is 9.84. The molecule has 19 heavy (non-hydrogen) atoms. The van der Waals surface area contributed by atoms with Gasteiger partial charge in [-0.15, -0.1) is 0 Å². The molecule has 1 aromatic rings. The van der Waals surface area contributed by atoms with Crippen LogP contribution in [0, 0.1) is 5.92 Å². The lowest BCUT2D eigenvalue weighted by Crippen LogP contribution is -2.30. The van der Waals surface area contributed by atoms with Crippen molar-refractivity contribution in [2.75, 3.05) is 18.1 Å². The van der Waals surface area contributed by atoms with Gasteiger partial charge in [-0.1, -0.05) is 54.9 Å². The maximum absolute atomic E-state index is 3.66. The predicted molar refractivity (Wildman–Crippen MR) is 92.1 cm³/mol. The third-order valence-corrected chi connectivity index (χ3v) is 4.86. The highest BCUT2D eigenvalue weighted by Crippen LogP contribution is 2.22. The molecule has 1 rings (SSSR count). The highest BCUT2D eigenvalue weighted by Gasteiger charge is 2.12. The maximum Gasteiger partial charge on any atom is 0.0207 e. The standard InChI is InChI=1S/C16H26BrNS/c1-4-19-10-9-14(12-18-13(2)3)11-15-7-5-6-8-16(15)17/h5-8,13-14,18H,4,9-12H2,1-3H3. The van der Waals surface area contributed by atoms with Gasteiger partial charge < -0.3 is 5.32 Å². The first-order valence-corrected chi connectivity index (χ1v) is 9.12. The Morgan fingerprint density at radius 3 is 2.63 bits per heavy atom. The number of thioether (sulfide) groups is 1. The lowest BCUT2D eigenvalue weighted by atomic mass is 9.96. The number of benzene rings is 1. The molecule has 0 aromatic heterocycles. The lowest BCUT2D eigenvalue weighted by molar-refractivity contribution is 0.438. The van der Waals surface area contributed by atoms with Gasteiger partial charge in [0, 0.05) is 10.5 Å². The van der Waals surface area contributed by atoms with Crippen molar-refractivity contribution in [3.63, 3.8) is 0 Å². The third kappa shape index (κ3) is 7.38. The topological polar surface area (TPSA) is 12.0 Å². The maximum atomic E-state index is 3.66. The summed E-state index contributed by atoms with van der Waals surface area (Å²) in [6.07, 6.45) is 2.45. The van der Waals surface area contributed by atoms with Crippen molar-refractivity contribution in [3.05, 3.63) is 34.3 Å². The normalized spacial score (nSPS) is 12.9. The Balaban J connectivity index is 2.54. The molecular weight excluding hydrogens is 318 g/mol. The summed E-state index contributed by atoms with van der Waals surface area (Å²) in [6, 6.07) is 9.17. The molecule has 0 fully saturated rings. The quantitative estimate of drug-likeness (QED) is 0.649. The molecule has 1 atom stereocenters. The van der Waals surface area contributed by atoms with E-state index < -0.39 is 0 Å². The van der Waals surface area contributed by atoms with E-state index >= 15 is 0 Å². The highest BCUT2D eigenvalue weighted by atomic mass is 79.9. The first-order valence-electron chi connectivity index (χ1n) is 7.18. The van der Waals surface area contributed by atoms with Crippen molar-refractivity contribution in [2.24, 2.45) is 5.92 Å². The molecule has 3 heteroatoms. The van der Waals surface area contributed by atoms with Gasteiger partial charge in [-0.2, -0.15) is 11.8 Å². The van der Waals surface area contributed by atoms with Gasteiger partial charge in [0.1, 0.15) is 0 Å². The van der Waals surface area contributed by atoms with Gasteiger partial charge in [-0.05, 0) is 48.4 Å². The smallest absolute Gasteiger partial charge is 0.0207 e. The molecule has 0 aliphatic rings. The Morgan fingerprint density at radius 1 is 1.26 bits per heavy atom. The Labute approximate surface area is 131 Å². The summed E-state index contributed by atoms with van der Waals surface area (Å²) in [7, 11) is 0. The second-order valence-electron chi connectivity index (χ2n) is 5.21. The van der Waals surface area contributed by atoms with Gasteiger partial charge in [0.25, 0.3) is 0 Å². The van der Waals surface area contributed by atoms with Crippen molar-refractivity contribution in [3.8, 4) is 0 Å². The van der Waals surface area contributed by atoms with E-state index in [-0.39, 0.29) is 0 Å². The minimum atomic E-state index is 0.570. The molecule has 0 heterocycles. The fraction of sp³-hybridized carbons (Fsp3) is 0.625. The van der Waals surface area contributed by atoms with Crippen LogP contribution in [0.5, 0.6) is 0 Å². The average Bonchev–Trinajstić information content (AvgIpc) is 2.38. The number of halogens is 1. The summed E-state index contributed by atoms with van der Waals surface area (Å²) in [5.74, 6) is 3.21. The molecular formula is C16H26BrNS. The molecule has 0 aliphatic heterocycles. The third-order valence-electron chi connectivity index (χ3n) is 3.16. The van der Waals surface area contributed by atoms with E-state index in [1.54, 1.807) is 0 Å². The monoisotopic (exact) mass is 343 g/mol. The van der Waals surface area contributed by atoms with Gasteiger partial charge in [-0.25, -0.2) is 0 Å². The molecule has 1 unspecified atom stereocenters. The van der Waals surface area contributed by atoms with Gasteiger partial charge in [0.15, 0.2) is 0 Å². The zero-order valence-electron chi connectivity index (χ0n) is 12.3. The van der Waals surface area contributed by atoms with Crippen LogP contribution in [0.4, 0.5) is 0 Å². The summed E-state index contributed by atoms with van der Waals surface area (Å²) >= 11 is 5.71. The summed E-state index contributed by atoms with van der Waals surface area (Å²) in [5.41, 5.74) is 1.43. The molecule has 1 N–H and O–H groups in total. The van der Waals surface area contributed by atoms with E-state index in [4.69, 9.17) is 0 Å². The average molecular weight is 344 g/mol. The number of hydrogen-bond acceptors (Lipinski definition) is 2. The fourth-order valence-corrected chi connectivity index (χ4v) is 3.28. The Bertz CT molecular complexity index is 354. The van der Waals surface area contributed by atoms with Crippen LogP contribution in [-0.4, -0.2) is 24.1 Å². The van der Waals surface area contributed by atoms with Gasteiger partial charge in [-0.3, -0.25) is 0 Å². The van der Waals surface area contributed by atoms with Crippen LogP contribution in [0.25, 0.3) is 0 Å². The van der Waals surface area contributed by atoms with E-state index in [1.165, 1.54) is 28.0 Å². The van der Waals surface area contributed by atoms with Gasteiger partial charge in [0.05, 0.1) is 0 Å². The lowest BCUT2D eigenvalue weighted by Gasteiger charge is -2.20. The summed E-state index contributed by atoms with van der Waals surface area (Å²) < 4.78 is 1.24. The first kappa shape index (κ1) is 17.1. The molecule has 0 radical (unpaired) electrons. The molecule has 0 saturated heterocycles. The summed E-state index contributed by atoms with van der Waals surface area (Å²) in [4.78, 5) is 0. The van der Waals surface area contributed by atoms with Crippen molar-refractivity contribution in [1.29, 1.82) is 0 Å². The predicted octanol–water partition coefficient (Wildman–Crippen LogP) is 4.75. The Morgan fingerprint density at radius 2 is 2.00 bits per heavy atom. The summed E-state index contributed by atoms with van der Waals surface area (Å²) in [5, 5.41) is 3.59. The van der Waals surface area contributed by atoms with E-state index in [2.05, 4.69) is 66.3 Å². The first-order chi connectivity index (χ1) is 9.13. The number of rotatable bonds is 9. The van der Waals surface area contributed by atoms with E-state index in [0.29, 0.717) is 6.04 Å². The van der Waals surface area contributed by atoms with Crippen LogP contribution in [0.1, 0.15) is 32.8 Å². The molecule has 108 valence electrons. The Kier molecular flexibility index (Phi) is 8.84. The van der Waals surface area contributed by atoms with Gasteiger partial charge >= 0.3 is 0 Å². The molecule has 0 bridgehead atoms. The molecule has 1 aromatic carbocycles. The van der Waals surface area contributed by atoms with Crippen LogP contribution in [-0.2, 0) is 6.42 Å². The van der Waals surface area contributed by atoms with Crippen LogP contribution in [0.2, 0.25) is 0 Å². The molecule has 0 aliphatic carbocycles. The van der Waals surface area contributed by atoms with E-state index in [9.17, 15) is 0 Å². The number of hydrogen-bond donors (Lipinski definition) is 1. The Hall–Kier alpha value is 0.01000. The van der Waals surface area contributed by atoms with Crippen LogP contribution in [0.15, 0.2) is 28.7 Å².